The fraction of sp³-hybridized carbons (Fsp3) is 0.529. The van der Waals surface area contributed by atoms with Crippen molar-refractivity contribution in [2.45, 2.75) is 95.9 Å². The van der Waals surface area contributed by atoms with Crippen molar-refractivity contribution in [2.75, 3.05) is 13.2 Å². The Morgan fingerprint density at radius 1 is 0.540 bits per heavy atom. The Kier molecular flexibility index (Phi) is 21.6. The van der Waals surface area contributed by atoms with E-state index in [9.17, 15) is 65.8 Å². The normalized spacial score (nSPS) is 20.1. The number of carboxylic acid groups (broad SMARTS) is 1. The molecule has 50 heavy (non-hydrogen) atoms. The molecule has 0 fully saturated rings. The number of hydrogen-bond donors (Lipinski definition) is 13. The number of hydrogen-bond acceptors (Lipinski definition) is 14. The van der Waals surface area contributed by atoms with Gasteiger partial charge in [0.1, 0.15) is 48.8 Å². The molecule has 0 aliphatic carbocycles. The van der Waals surface area contributed by atoms with Crippen LogP contribution in [0.2, 0.25) is 0 Å². The summed E-state index contributed by atoms with van der Waals surface area (Å²) in [5.74, 6) is -5.84. The lowest BCUT2D eigenvalue weighted by atomic mass is 9.94. The van der Waals surface area contributed by atoms with E-state index >= 15 is 0 Å². The summed E-state index contributed by atoms with van der Waals surface area (Å²) in [7, 11) is 0. The first kappa shape index (κ1) is 46.6. The van der Waals surface area contributed by atoms with Crippen LogP contribution >= 0.6 is 0 Å². The fourth-order valence-electron chi connectivity index (χ4n) is 4.18. The van der Waals surface area contributed by atoms with E-state index in [4.69, 9.17) is 10.2 Å². The molecule has 0 heterocycles. The predicted molar refractivity (Wildman–Crippen MR) is 180 cm³/mol. The number of carbonyl (C=O) groups excluding carboxylic acids is 1. The van der Waals surface area contributed by atoms with Gasteiger partial charge in [-0.15, -0.1) is 0 Å². The fourth-order valence-corrected chi connectivity index (χ4v) is 4.18. The zero-order chi connectivity index (χ0) is 38.9. The number of allylic oxidation sites excluding steroid dienone is 13. The lowest BCUT2D eigenvalue weighted by Gasteiger charge is -2.41. The van der Waals surface area contributed by atoms with Gasteiger partial charge >= 0.3 is 5.97 Å². The number of aliphatic carboxylic acids is 1. The van der Waals surface area contributed by atoms with E-state index in [1.165, 1.54) is 19.1 Å². The minimum absolute atomic E-state index is 0.218. The van der Waals surface area contributed by atoms with E-state index in [1.54, 1.807) is 31.2 Å². The number of nitrogens with zero attached hydrogens (tertiary/aromatic N) is 1. The van der Waals surface area contributed by atoms with E-state index in [1.807, 2.05) is 45.1 Å². The second-order valence-corrected chi connectivity index (χ2v) is 11.9. The molecule has 0 saturated carbocycles. The summed E-state index contributed by atoms with van der Waals surface area (Å²) < 4.78 is 0. The molecule has 11 atom stereocenters. The molecule has 0 radical (unpaired) electrons. The van der Waals surface area contributed by atoms with E-state index < -0.39 is 92.3 Å². The highest BCUT2D eigenvalue weighted by Crippen LogP contribution is 2.24. The number of carbonyl (C=O) groups is 2. The molecule has 3 unspecified atom stereocenters. The lowest BCUT2D eigenvalue weighted by molar-refractivity contribution is -0.228. The smallest absolute Gasteiger partial charge is 0.320 e. The van der Waals surface area contributed by atoms with Crippen molar-refractivity contribution in [3.8, 4) is 0 Å². The number of aliphatic hydroxyl groups is 12. The summed E-state index contributed by atoms with van der Waals surface area (Å²) in [6.07, 6.45) is -8.01. The molecule has 0 spiro atoms. The monoisotopic (exact) mass is 715 g/mol. The molecule has 13 N–H and O–H groups in total. The molecular formula is C34H53NO15. The number of carboxylic acids is 1. The van der Waals surface area contributed by atoms with Gasteiger partial charge < -0.3 is 66.4 Å². The van der Waals surface area contributed by atoms with Crippen LogP contribution in [0.1, 0.15) is 34.6 Å². The predicted octanol–water partition coefficient (Wildman–Crippen LogP) is -2.50. The Balaban J connectivity index is 6.54. The summed E-state index contributed by atoms with van der Waals surface area (Å²) in [4.78, 5) is 25.7. The van der Waals surface area contributed by atoms with Crippen LogP contribution in [0.15, 0.2) is 83.1 Å². The average molecular weight is 716 g/mol. The number of aliphatic hydroxyl groups excluding tert-OH is 12. The standard InChI is InChI=1S/C34H53NO15/c1-18(2)10-8-13-19(3)11-6-7-12-20(4)14-9-15-21(5)24(34(49)50)31(46)35(32(47)29(44)27(42)25(40)22(38)16-36)33(48)30(45)28(43)26(41)23(39)17-37/h6-15,22-30,32-33,36-45,47-48H,16-17H2,1-5H3,(H,49,50)/b7-6+,13-8+,14-9+,19-11+,20-12+,21-15+/t22-,23-,24?,25+,26+,27+,28+,29+,30+,32?,33?/m0/s1. The highest BCUT2D eigenvalue weighted by Gasteiger charge is 2.47. The Morgan fingerprint density at radius 3 is 1.26 bits per heavy atom. The Hall–Kier alpha value is -3.36. The first-order valence-electron chi connectivity index (χ1n) is 15.5. The van der Waals surface area contributed by atoms with Crippen molar-refractivity contribution in [2.24, 2.45) is 5.92 Å². The minimum Gasteiger partial charge on any atom is -0.480 e. The van der Waals surface area contributed by atoms with Crippen molar-refractivity contribution in [1.82, 2.24) is 4.90 Å². The van der Waals surface area contributed by atoms with Crippen molar-refractivity contribution in [3.63, 3.8) is 0 Å². The molecule has 0 saturated heterocycles. The maximum Gasteiger partial charge on any atom is 0.320 e. The SMILES string of the molecule is CC(C)=C/C=C/C(C)=C/C=C/C=C(C)/C=C/C=C(\C)C(C(=O)O)C(=O)N(C(O)[C@H](O)[C@H](O)[C@H](O)[C@@H](O)CO)C(O)[C@H](O)[C@H](O)[C@H](O)[C@@H](O)CO. The van der Waals surface area contributed by atoms with Gasteiger partial charge in [-0.1, -0.05) is 77.5 Å². The molecule has 0 aliphatic rings. The molecule has 0 aliphatic heterocycles. The zero-order valence-electron chi connectivity index (χ0n) is 28.6. The van der Waals surface area contributed by atoms with Gasteiger partial charge in [-0.25, -0.2) is 0 Å². The number of rotatable bonds is 21. The molecular weight excluding hydrogens is 662 g/mol. The Bertz CT molecular complexity index is 1250. The third kappa shape index (κ3) is 14.9. The largest absolute Gasteiger partial charge is 0.480 e. The molecule has 16 nitrogen and oxygen atoms in total. The second-order valence-electron chi connectivity index (χ2n) is 11.9. The zero-order valence-corrected chi connectivity index (χ0v) is 28.6. The van der Waals surface area contributed by atoms with Crippen LogP contribution in [-0.4, -0.2) is 158 Å². The van der Waals surface area contributed by atoms with Gasteiger partial charge in [-0.3, -0.25) is 14.5 Å². The van der Waals surface area contributed by atoms with Crippen LogP contribution < -0.4 is 0 Å². The minimum atomic E-state index is -2.88. The molecule has 16 heteroatoms. The van der Waals surface area contributed by atoms with Crippen molar-refractivity contribution < 1.29 is 76.0 Å². The van der Waals surface area contributed by atoms with Crippen molar-refractivity contribution in [1.29, 1.82) is 0 Å². The van der Waals surface area contributed by atoms with Crippen LogP contribution in [0, 0.1) is 5.92 Å². The van der Waals surface area contributed by atoms with Gasteiger partial charge in [-0.2, -0.15) is 0 Å². The highest BCUT2D eigenvalue weighted by atomic mass is 16.4. The summed E-state index contributed by atoms with van der Waals surface area (Å²) in [5.41, 5.74) is 2.63. The molecule has 0 aromatic carbocycles. The first-order valence-corrected chi connectivity index (χ1v) is 15.5. The molecule has 0 aromatic heterocycles. The molecule has 284 valence electrons. The molecule has 1 amide bonds. The molecule has 0 rings (SSSR count). The average Bonchev–Trinajstić information content (AvgIpc) is 3.06. The van der Waals surface area contributed by atoms with Crippen LogP contribution in [0.4, 0.5) is 0 Å². The topological polar surface area (TPSA) is 300 Å². The Labute approximate surface area is 290 Å². The van der Waals surface area contributed by atoms with Crippen LogP contribution in [-0.2, 0) is 9.59 Å². The quantitative estimate of drug-likeness (QED) is 0.0332. The van der Waals surface area contributed by atoms with Gasteiger partial charge in [-0.05, 0) is 40.2 Å². The molecule has 0 bridgehead atoms. The van der Waals surface area contributed by atoms with Gasteiger partial charge in [0, 0.05) is 0 Å². The van der Waals surface area contributed by atoms with Crippen LogP contribution in [0.5, 0.6) is 0 Å². The van der Waals surface area contributed by atoms with E-state index in [0.29, 0.717) is 5.57 Å². The number of amides is 1. The maximum absolute atomic E-state index is 13.6. The summed E-state index contributed by atoms with van der Waals surface area (Å²) >= 11 is 0. The lowest BCUT2D eigenvalue weighted by Crippen LogP contribution is -2.64. The van der Waals surface area contributed by atoms with Gasteiger partial charge in [0.2, 0.25) is 5.91 Å². The summed E-state index contributed by atoms with van der Waals surface area (Å²) in [6.45, 7) is 6.54. The van der Waals surface area contributed by atoms with Gasteiger partial charge in [0.25, 0.3) is 0 Å². The van der Waals surface area contributed by atoms with E-state index in [-0.39, 0.29) is 10.5 Å². The first-order chi connectivity index (χ1) is 23.2. The van der Waals surface area contributed by atoms with Crippen LogP contribution in [0.25, 0.3) is 0 Å². The summed E-state index contributed by atoms with van der Waals surface area (Å²) in [6, 6.07) is 0. The molecule has 0 aromatic rings. The Morgan fingerprint density at radius 2 is 0.920 bits per heavy atom. The summed E-state index contributed by atoms with van der Waals surface area (Å²) in [5, 5.41) is 131. The van der Waals surface area contributed by atoms with E-state index in [2.05, 4.69) is 0 Å². The van der Waals surface area contributed by atoms with Crippen LogP contribution in [0.3, 0.4) is 0 Å². The van der Waals surface area contributed by atoms with Crippen molar-refractivity contribution >= 4 is 11.9 Å². The second kappa shape index (κ2) is 23.2. The highest BCUT2D eigenvalue weighted by molar-refractivity contribution is 6.00. The van der Waals surface area contributed by atoms with Crippen molar-refractivity contribution in [3.05, 3.63) is 83.1 Å². The third-order valence-electron chi connectivity index (χ3n) is 7.28. The maximum atomic E-state index is 13.6. The third-order valence-corrected chi connectivity index (χ3v) is 7.28. The van der Waals surface area contributed by atoms with Gasteiger partial charge in [0.15, 0.2) is 18.4 Å². The van der Waals surface area contributed by atoms with Gasteiger partial charge in [0.05, 0.1) is 13.2 Å². The van der Waals surface area contributed by atoms with E-state index in [0.717, 1.165) is 11.1 Å².